The van der Waals surface area contributed by atoms with Crippen LogP contribution in [0.25, 0.3) is 11.4 Å². The number of fused-ring (bicyclic) bond motifs is 2. The van der Waals surface area contributed by atoms with Gasteiger partial charge in [-0.15, -0.1) is 0 Å². The van der Waals surface area contributed by atoms with Gasteiger partial charge in [0.05, 0.1) is 17.9 Å². The minimum Gasteiger partial charge on any atom is -0.311 e. The Kier molecular flexibility index (Phi) is 4.77. The zero-order valence-electron chi connectivity index (χ0n) is 16.1. The minimum absolute atomic E-state index is 0.101. The van der Waals surface area contributed by atoms with Crippen molar-refractivity contribution in [2.24, 2.45) is 0 Å². The molecule has 0 saturated heterocycles. The summed E-state index contributed by atoms with van der Waals surface area (Å²) >= 11 is 6.15. The molecule has 0 unspecified atom stereocenters. The maximum Gasteiger partial charge on any atom is 0.255 e. The molecule has 2 aromatic heterocycles. The van der Waals surface area contributed by atoms with Crippen LogP contribution in [0, 0.1) is 0 Å². The molecule has 0 radical (unpaired) electrons. The van der Waals surface area contributed by atoms with Gasteiger partial charge in [0.25, 0.3) is 5.56 Å². The second-order valence-electron chi connectivity index (χ2n) is 7.12. The molecule has 0 bridgehead atoms. The molecule has 0 spiro atoms. The first-order chi connectivity index (χ1) is 14.7. The molecule has 3 heterocycles. The van der Waals surface area contributed by atoms with E-state index in [9.17, 15) is 4.79 Å². The third-order valence-electron chi connectivity index (χ3n) is 5.20. The monoisotopic (exact) mass is 415 g/mol. The quantitative estimate of drug-likeness (QED) is 0.502. The summed E-state index contributed by atoms with van der Waals surface area (Å²) < 4.78 is 1.71. The van der Waals surface area contributed by atoms with Crippen LogP contribution in [0.4, 0.5) is 11.6 Å². The third kappa shape index (κ3) is 3.46. The standard InChI is InChI=1S/C23H18ClN5O/c24-18-6-3-4-16(12-18)9-11-28-21-7-2-1-5-17(21)14-29-22(30)13-20(27-23(28)29)19-8-10-25-15-26-19/h1-8,10,12-13,15H,9,11,14H2. The van der Waals surface area contributed by atoms with Crippen molar-refractivity contribution in [1.82, 2.24) is 19.5 Å². The van der Waals surface area contributed by atoms with E-state index in [1.165, 1.54) is 12.4 Å². The first kappa shape index (κ1) is 18.5. The van der Waals surface area contributed by atoms with Gasteiger partial charge in [-0.25, -0.2) is 15.0 Å². The Labute approximate surface area is 178 Å². The van der Waals surface area contributed by atoms with Crippen molar-refractivity contribution in [3.05, 3.63) is 99.7 Å². The lowest BCUT2D eigenvalue weighted by Gasteiger charge is -2.33. The van der Waals surface area contributed by atoms with E-state index < -0.39 is 0 Å². The van der Waals surface area contributed by atoms with E-state index in [0.717, 1.165) is 23.2 Å². The number of aromatic nitrogens is 4. The van der Waals surface area contributed by atoms with Gasteiger partial charge in [-0.2, -0.15) is 0 Å². The molecule has 1 aliphatic rings. The zero-order valence-corrected chi connectivity index (χ0v) is 16.8. The van der Waals surface area contributed by atoms with Crippen LogP contribution in [0.15, 0.2) is 78.0 Å². The number of benzene rings is 2. The Bertz CT molecular complexity index is 1270. The molecule has 0 saturated carbocycles. The van der Waals surface area contributed by atoms with Crippen LogP contribution < -0.4 is 10.5 Å². The van der Waals surface area contributed by atoms with Gasteiger partial charge in [0.15, 0.2) is 0 Å². The molecule has 0 fully saturated rings. The number of hydrogen-bond donors (Lipinski definition) is 0. The second kappa shape index (κ2) is 7.72. The van der Waals surface area contributed by atoms with Crippen molar-refractivity contribution in [3.8, 4) is 11.4 Å². The Balaban J connectivity index is 1.59. The predicted molar refractivity (Wildman–Crippen MR) is 117 cm³/mol. The van der Waals surface area contributed by atoms with Crippen LogP contribution in [0.2, 0.25) is 5.02 Å². The van der Waals surface area contributed by atoms with E-state index in [-0.39, 0.29) is 5.56 Å². The van der Waals surface area contributed by atoms with E-state index in [1.54, 1.807) is 16.8 Å². The van der Waals surface area contributed by atoms with Crippen molar-refractivity contribution in [2.45, 2.75) is 13.0 Å². The summed E-state index contributed by atoms with van der Waals surface area (Å²) in [6.07, 6.45) is 3.87. The van der Waals surface area contributed by atoms with Crippen molar-refractivity contribution >= 4 is 23.2 Å². The second-order valence-corrected chi connectivity index (χ2v) is 7.56. The van der Waals surface area contributed by atoms with Gasteiger partial charge in [-0.1, -0.05) is 41.9 Å². The van der Waals surface area contributed by atoms with E-state index in [1.807, 2.05) is 30.3 Å². The van der Waals surface area contributed by atoms with Gasteiger partial charge in [-0.05, 0) is 41.8 Å². The first-order valence-corrected chi connectivity index (χ1v) is 10.0. The molecule has 5 rings (SSSR count). The fourth-order valence-electron chi connectivity index (χ4n) is 3.76. The van der Waals surface area contributed by atoms with Crippen molar-refractivity contribution < 1.29 is 0 Å². The van der Waals surface area contributed by atoms with Gasteiger partial charge in [0, 0.05) is 29.5 Å². The SMILES string of the molecule is O=c1cc(-c2ccncn2)nc2n1Cc1ccccc1N2CCc1cccc(Cl)c1. The molecule has 0 atom stereocenters. The van der Waals surface area contributed by atoms with Crippen LogP contribution in [0.5, 0.6) is 0 Å². The van der Waals surface area contributed by atoms with Gasteiger partial charge < -0.3 is 4.90 Å². The number of anilines is 2. The Hall–Kier alpha value is -3.51. The molecular formula is C23H18ClN5O. The van der Waals surface area contributed by atoms with Crippen LogP contribution in [0.3, 0.4) is 0 Å². The third-order valence-corrected chi connectivity index (χ3v) is 5.43. The molecule has 30 heavy (non-hydrogen) atoms. The lowest BCUT2D eigenvalue weighted by atomic mass is 10.1. The van der Waals surface area contributed by atoms with E-state index in [2.05, 4.69) is 33.1 Å². The minimum atomic E-state index is -0.101. The highest BCUT2D eigenvalue weighted by Crippen LogP contribution is 2.33. The van der Waals surface area contributed by atoms with E-state index in [0.29, 0.717) is 35.4 Å². The summed E-state index contributed by atoms with van der Waals surface area (Å²) in [5.74, 6) is 0.622. The molecule has 1 aliphatic heterocycles. The summed E-state index contributed by atoms with van der Waals surface area (Å²) in [4.78, 5) is 28.1. The highest BCUT2D eigenvalue weighted by molar-refractivity contribution is 6.30. The Morgan fingerprint density at radius 3 is 2.73 bits per heavy atom. The topological polar surface area (TPSA) is 63.9 Å². The molecule has 4 aromatic rings. The molecule has 148 valence electrons. The summed E-state index contributed by atoms with van der Waals surface area (Å²) in [7, 11) is 0. The molecule has 0 amide bonds. The van der Waals surface area contributed by atoms with Gasteiger partial charge in [0.1, 0.15) is 6.33 Å². The van der Waals surface area contributed by atoms with Crippen LogP contribution >= 0.6 is 11.6 Å². The highest BCUT2D eigenvalue weighted by atomic mass is 35.5. The van der Waals surface area contributed by atoms with Crippen LogP contribution in [-0.4, -0.2) is 26.1 Å². The fraction of sp³-hybridized carbons (Fsp3) is 0.130. The lowest BCUT2D eigenvalue weighted by molar-refractivity contribution is 0.683. The predicted octanol–water partition coefficient (Wildman–Crippen LogP) is 4.10. The molecular weight excluding hydrogens is 398 g/mol. The average Bonchev–Trinajstić information content (AvgIpc) is 2.78. The summed E-state index contributed by atoms with van der Waals surface area (Å²) in [6.45, 7) is 1.16. The molecule has 7 heteroatoms. The van der Waals surface area contributed by atoms with Crippen LogP contribution in [0.1, 0.15) is 11.1 Å². The van der Waals surface area contributed by atoms with Crippen molar-refractivity contribution in [2.75, 3.05) is 11.4 Å². The highest BCUT2D eigenvalue weighted by Gasteiger charge is 2.25. The van der Waals surface area contributed by atoms with Gasteiger partial charge >= 0.3 is 0 Å². The Morgan fingerprint density at radius 1 is 1.00 bits per heavy atom. The smallest absolute Gasteiger partial charge is 0.255 e. The number of halogens is 1. The number of para-hydroxylation sites is 1. The summed E-state index contributed by atoms with van der Waals surface area (Å²) in [5, 5.41) is 0.715. The largest absolute Gasteiger partial charge is 0.311 e. The molecule has 6 nitrogen and oxygen atoms in total. The summed E-state index contributed by atoms with van der Waals surface area (Å²) in [6, 6.07) is 19.3. The van der Waals surface area contributed by atoms with Gasteiger partial charge in [-0.3, -0.25) is 9.36 Å². The van der Waals surface area contributed by atoms with Gasteiger partial charge in [0.2, 0.25) is 5.95 Å². The fourth-order valence-corrected chi connectivity index (χ4v) is 3.97. The maximum atomic E-state index is 13.0. The number of nitrogens with zero attached hydrogens (tertiary/aromatic N) is 5. The normalized spacial score (nSPS) is 12.4. The van der Waals surface area contributed by atoms with Crippen molar-refractivity contribution in [3.63, 3.8) is 0 Å². The van der Waals surface area contributed by atoms with Crippen LogP contribution in [-0.2, 0) is 13.0 Å². The summed E-state index contributed by atoms with van der Waals surface area (Å²) in [5.41, 5.74) is 4.35. The molecule has 0 aliphatic carbocycles. The molecule has 0 N–H and O–H groups in total. The average molecular weight is 416 g/mol. The number of rotatable bonds is 4. The molecule has 2 aromatic carbocycles. The van der Waals surface area contributed by atoms with E-state index in [4.69, 9.17) is 16.6 Å². The zero-order chi connectivity index (χ0) is 20.5. The first-order valence-electron chi connectivity index (χ1n) is 9.67. The van der Waals surface area contributed by atoms with E-state index >= 15 is 0 Å². The van der Waals surface area contributed by atoms with Crippen molar-refractivity contribution in [1.29, 1.82) is 0 Å². The number of hydrogen-bond acceptors (Lipinski definition) is 5. The Morgan fingerprint density at radius 2 is 1.90 bits per heavy atom. The maximum absolute atomic E-state index is 13.0. The lowest BCUT2D eigenvalue weighted by Crippen LogP contribution is -2.36.